The van der Waals surface area contributed by atoms with Crippen molar-refractivity contribution in [2.75, 3.05) is 6.54 Å². The van der Waals surface area contributed by atoms with Crippen LogP contribution < -0.4 is 5.32 Å². The minimum atomic E-state index is 0.449. The topological polar surface area (TPSA) is 24.9 Å². The standard InChI is InChI=1S/C19H28N2/c1-3-5-6-7-8-12-18(20-4-2)17-14-15-21-19-13-10-9-11-16(17)19/h9-11,13-15,18,20H,3-8,12H2,1-2H3. The second-order valence-corrected chi connectivity index (χ2v) is 5.73. The molecule has 1 atom stereocenters. The first kappa shape index (κ1) is 16.0. The summed E-state index contributed by atoms with van der Waals surface area (Å²) in [4.78, 5) is 4.48. The first-order valence-electron chi connectivity index (χ1n) is 8.43. The molecule has 0 spiro atoms. The van der Waals surface area contributed by atoms with Crippen molar-refractivity contribution in [2.24, 2.45) is 0 Å². The average molecular weight is 284 g/mol. The predicted octanol–water partition coefficient (Wildman–Crippen LogP) is 5.25. The van der Waals surface area contributed by atoms with Crippen LogP contribution in [0, 0.1) is 0 Å². The molecule has 0 amide bonds. The molecule has 0 radical (unpaired) electrons. The van der Waals surface area contributed by atoms with Crippen LogP contribution >= 0.6 is 0 Å². The molecule has 1 heterocycles. The zero-order chi connectivity index (χ0) is 14.9. The predicted molar refractivity (Wildman–Crippen MR) is 91.5 cm³/mol. The Morgan fingerprint density at radius 3 is 2.62 bits per heavy atom. The van der Waals surface area contributed by atoms with Crippen LogP contribution in [0.2, 0.25) is 0 Å². The van der Waals surface area contributed by atoms with E-state index in [1.165, 1.54) is 49.5 Å². The van der Waals surface area contributed by atoms with Crippen LogP contribution in [0.3, 0.4) is 0 Å². The van der Waals surface area contributed by atoms with Crippen LogP contribution in [0.4, 0.5) is 0 Å². The fourth-order valence-corrected chi connectivity index (χ4v) is 2.99. The van der Waals surface area contributed by atoms with E-state index in [-0.39, 0.29) is 0 Å². The molecule has 21 heavy (non-hydrogen) atoms. The maximum absolute atomic E-state index is 4.48. The van der Waals surface area contributed by atoms with Crippen molar-refractivity contribution in [1.29, 1.82) is 0 Å². The van der Waals surface area contributed by atoms with E-state index in [0.717, 1.165) is 12.1 Å². The number of para-hydroxylation sites is 1. The van der Waals surface area contributed by atoms with Gasteiger partial charge in [0, 0.05) is 17.6 Å². The highest BCUT2D eigenvalue weighted by molar-refractivity contribution is 5.82. The van der Waals surface area contributed by atoms with Crippen LogP contribution in [0.5, 0.6) is 0 Å². The molecule has 1 N–H and O–H groups in total. The Balaban J connectivity index is 2.08. The third-order valence-corrected chi connectivity index (χ3v) is 4.11. The summed E-state index contributed by atoms with van der Waals surface area (Å²) in [5, 5.41) is 4.95. The van der Waals surface area contributed by atoms with Crippen molar-refractivity contribution in [3.8, 4) is 0 Å². The van der Waals surface area contributed by atoms with E-state index in [2.05, 4.69) is 54.5 Å². The number of hydrogen-bond donors (Lipinski definition) is 1. The number of nitrogens with one attached hydrogen (secondary N) is 1. The van der Waals surface area contributed by atoms with Gasteiger partial charge in [0.1, 0.15) is 0 Å². The Hall–Kier alpha value is -1.41. The lowest BCUT2D eigenvalue weighted by atomic mass is 9.97. The fraction of sp³-hybridized carbons (Fsp3) is 0.526. The smallest absolute Gasteiger partial charge is 0.0705 e. The first-order valence-corrected chi connectivity index (χ1v) is 8.43. The fourth-order valence-electron chi connectivity index (χ4n) is 2.99. The van der Waals surface area contributed by atoms with Gasteiger partial charge in [0.2, 0.25) is 0 Å². The number of benzene rings is 1. The number of pyridine rings is 1. The number of unbranched alkanes of at least 4 members (excludes halogenated alkanes) is 4. The maximum Gasteiger partial charge on any atom is 0.0705 e. The Labute approximate surface area is 129 Å². The molecule has 1 aromatic heterocycles. The highest BCUT2D eigenvalue weighted by Gasteiger charge is 2.13. The van der Waals surface area contributed by atoms with E-state index >= 15 is 0 Å². The van der Waals surface area contributed by atoms with E-state index in [1.54, 1.807) is 0 Å². The van der Waals surface area contributed by atoms with Crippen LogP contribution in [0.1, 0.15) is 64.0 Å². The Morgan fingerprint density at radius 1 is 1.00 bits per heavy atom. The zero-order valence-electron chi connectivity index (χ0n) is 13.4. The van der Waals surface area contributed by atoms with Crippen LogP contribution in [0.15, 0.2) is 36.5 Å². The van der Waals surface area contributed by atoms with E-state index in [4.69, 9.17) is 0 Å². The van der Waals surface area contributed by atoms with Gasteiger partial charge in [0.25, 0.3) is 0 Å². The third kappa shape index (κ3) is 4.53. The highest BCUT2D eigenvalue weighted by Crippen LogP contribution is 2.26. The number of fused-ring (bicyclic) bond motifs is 1. The Kier molecular flexibility index (Phi) is 6.68. The lowest BCUT2D eigenvalue weighted by Crippen LogP contribution is -2.21. The van der Waals surface area contributed by atoms with E-state index < -0.39 is 0 Å². The van der Waals surface area contributed by atoms with Crippen LogP contribution in [0.25, 0.3) is 10.9 Å². The molecule has 0 bridgehead atoms. The van der Waals surface area contributed by atoms with Gasteiger partial charge in [-0.05, 0) is 30.7 Å². The van der Waals surface area contributed by atoms with E-state index in [1.807, 2.05) is 6.20 Å². The van der Waals surface area contributed by atoms with E-state index in [9.17, 15) is 0 Å². The summed E-state index contributed by atoms with van der Waals surface area (Å²) in [6.45, 7) is 5.47. The van der Waals surface area contributed by atoms with Crippen molar-refractivity contribution in [2.45, 2.75) is 58.4 Å². The van der Waals surface area contributed by atoms with Gasteiger partial charge < -0.3 is 5.32 Å². The Bertz CT molecular complexity index is 531. The summed E-state index contributed by atoms with van der Waals surface area (Å²) in [5.74, 6) is 0. The van der Waals surface area contributed by atoms with Crippen molar-refractivity contribution in [1.82, 2.24) is 10.3 Å². The molecule has 0 fully saturated rings. The van der Waals surface area contributed by atoms with E-state index in [0.29, 0.717) is 6.04 Å². The quantitative estimate of drug-likeness (QED) is 0.636. The molecule has 0 saturated heterocycles. The molecule has 0 aliphatic carbocycles. The van der Waals surface area contributed by atoms with Gasteiger partial charge in [-0.2, -0.15) is 0 Å². The lowest BCUT2D eigenvalue weighted by Gasteiger charge is -2.20. The van der Waals surface area contributed by atoms with Crippen molar-refractivity contribution in [3.63, 3.8) is 0 Å². The highest BCUT2D eigenvalue weighted by atomic mass is 14.9. The molecule has 1 aromatic carbocycles. The van der Waals surface area contributed by atoms with Gasteiger partial charge >= 0.3 is 0 Å². The second kappa shape index (κ2) is 8.78. The third-order valence-electron chi connectivity index (χ3n) is 4.11. The summed E-state index contributed by atoms with van der Waals surface area (Å²) in [6, 6.07) is 11.1. The first-order chi connectivity index (χ1) is 10.4. The largest absolute Gasteiger partial charge is 0.310 e. The van der Waals surface area contributed by atoms with Gasteiger partial charge in [-0.1, -0.05) is 64.2 Å². The summed E-state index contributed by atoms with van der Waals surface area (Å²) in [6.07, 6.45) is 9.85. The lowest BCUT2D eigenvalue weighted by molar-refractivity contribution is 0.481. The maximum atomic E-state index is 4.48. The molecular formula is C19H28N2. The Morgan fingerprint density at radius 2 is 1.81 bits per heavy atom. The second-order valence-electron chi connectivity index (χ2n) is 5.73. The number of aromatic nitrogens is 1. The molecular weight excluding hydrogens is 256 g/mol. The summed E-state index contributed by atoms with van der Waals surface area (Å²) >= 11 is 0. The van der Waals surface area contributed by atoms with Gasteiger partial charge in [-0.25, -0.2) is 0 Å². The number of rotatable bonds is 9. The van der Waals surface area contributed by atoms with Gasteiger partial charge in [0.05, 0.1) is 5.52 Å². The molecule has 114 valence electrons. The normalized spacial score (nSPS) is 12.7. The van der Waals surface area contributed by atoms with Gasteiger partial charge in [-0.15, -0.1) is 0 Å². The van der Waals surface area contributed by atoms with Gasteiger partial charge in [-0.3, -0.25) is 4.98 Å². The van der Waals surface area contributed by atoms with Gasteiger partial charge in [0.15, 0.2) is 0 Å². The molecule has 2 heteroatoms. The summed E-state index contributed by atoms with van der Waals surface area (Å²) < 4.78 is 0. The summed E-state index contributed by atoms with van der Waals surface area (Å²) in [5.41, 5.74) is 2.50. The minimum absolute atomic E-state index is 0.449. The molecule has 2 aromatic rings. The van der Waals surface area contributed by atoms with Crippen LogP contribution in [-0.2, 0) is 0 Å². The molecule has 0 aliphatic rings. The zero-order valence-corrected chi connectivity index (χ0v) is 13.4. The molecule has 2 rings (SSSR count). The van der Waals surface area contributed by atoms with Crippen molar-refractivity contribution in [3.05, 3.63) is 42.1 Å². The SMILES string of the molecule is CCCCCCCC(NCC)c1ccnc2ccccc12. The van der Waals surface area contributed by atoms with Crippen LogP contribution in [-0.4, -0.2) is 11.5 Å². The van der Waals surface area contributed by atoms with Crippen molar-refractivity contribution >= 4 is 10.9 Å². The molecule has 0 saturated carbocycles. The van der Waals surface area contributed by atoms with Crippen molar-refractivity contribution < 1.29 is 0 Å². The number of nitrogens with zero attached hydrogens (tertiary/aromatic N) is 1. The molecule has 0 aliphatic heterocycles. The monoisotopic (exact) mass is 284 g/mol. The summed E-state index contributed by atoms with van der Waals surface area (Å²) in [7, 11) is 0. The molecule has 2 nitrogen and oxygen atoms in total. The minimum Gasteiger partial charge on any atom is -0.310 e. The molecule has 1 unspecified atom stereocenters. The number of hydrogen-bond acceptors (Lipinski definition) is 2. The average Bonchev–Trinajstić information content (AvgIpc) is 2.53.